The molecule has 2 aromatic carbocycles. The lowest BCUT2D eigenvalue weighted by Gasteiger charge is -2.05. The van der Waals surface area contributed by atoms with Crippen molar-refractivity contribution in [2.24, 2.45) is 0 Å². The molecular weight excluding hydrogens is 418 g/mol. The van der Waals surface area contributed by atoms with Crippen LogP contribution in [-0.4, -0.2) is 9.97 Å². The number of aromatic nitrogens is 2. The van der Waals surface area contributed by atoms with Crippen LogP contribution in [0, 0.1) is 11.6 Å². The van der Waals surface area contributed by atoms with Gasteiger partial charge in [0, 0.05) is 32.7 Å². The van der Waals surface area contributed by atoms with Crippen LogP contribution in [-0.2, 0) is 12.8 Å². The molecule has 3 aromatic heterocycles. The van der Waals surface area contributed by atoms with E-state index in [1.165, 1.54) is 19.2 Å². The van der Waals surface area contributed by atoms with Crippen LogP contribution >= 0.6 is 22.7 Å². The zero-order valence-electron chi connectivity index (χ0n) is 17.0. The lowest BCUT2D eigenvalue weighted by Crippen LogP contribution is -1.92. The Morgan fingerprint density at radius 3 is 1.53 bits per heavy atom. The van der Waals surface area contributed by atoms with Crippen LogP contribution < -0.4 is 0 Å². The fraction of sp³-hybridized carbons (Fsp3) is 0.333. The molecule has 5 aromatic rings. The number of nitrogens with zero attached hydrogens (tertiary/aromatic N) is 2. The van der Waals surface area contributed by atoms with Crippen LogP contribution in [0.2, 0.25) is 0 Å². The molecule has 0 saturated heterocycles. The third-order valence-corrected chi connectivity index (χ3v) is 8.10. The Morgan fingerprint density at radius 1 is 0.700 bits per heavy atom. The number of unbranched alkanes of at least 4 members (excludes halogenated alkanes) is 2. The minimum Gasteiger partial charge on any atom is -0.244 e. The number of aryl methyl sites for hydroxylation is 2. The molecule has 154 valence electrons. The Labute approximate surface area is 181 Å². The van der Waals surface area contributed by atoms with Gasteiger partial charge in [-0.15, -0.1) is 22.7 Å². The van der Waals surface area contributed by atoms with Gasteiger partial charge in [0.1, 0.15) is 0 Å². The predicted octanol–water partition coefficient (Wildman–Crippen LogP) is 8.18. The predicted molar refractivity (Wildman–Crippen MR) is 125 cm³/mol. The van der Waals surface area contributed by atoms with Gasteiger partial charge in [-0.1, -0.05) is 26.7 Å². The van der Waals surface area contributed by atoms with Gasteiger partial charge in [0.15, 0.2) is 11.6 Å². The molecule has 6 heteroatoms. The molecule has 0 aliphatic carbocycles. The molecule has 0 aliphatic heterocycles. The molecule has 0 saturated carbocycles. The number of rotatable bonds is 6. The van der Waals surface area contributed by atoms with E-state index in [9.17, 15) is 8.78 Å². The second-order valence-electron chi connectivity index (χ2n) is 7.79. The first kappa shape index (κ1) is 19.8. The van der Waals surface area contributed by atoms with Crippen LogP contribution in [0.4, 0.5) is 8.78 Å². The van der Waals surface area contributed by atoms with E-state index in [4.69, 9.17) is 9.97 Å². The Kier molecular flexibility index (Phi) is 5.15. The van der Waals surface area contributed by atoms with Gasteiger partial charge in [0.2, 0.25) is 0 Å². The van der Waals surface area contributed by atoms with Crippen molar-refractivity contribution in [3.8, 4) is 0 Å². The molecule has 2 nitrogen and oxygen atoms in total. The zero-order chi connectivity index (χ0) is 20.8. The fourth-order valence-corrected chi connectivity index (χ4v) is 6.51. The van der Waals surface area contributed by atoms with Crippen LogP contribution in [0.25, 0.3) is 42.2 Å². The number of thiophene rings is 2. The molecule has 0 radical (unpaired) electrons. The standard InChI is InChI=1S/C24H22F2N2S2/c1-3-5-7-13-9-15-21-22(28-20-12-18(26)17(25)11-19(20)27-21)16-10-14(8-6-4-2)30-24(16)23(15)29-13/h9-12H,3-8H2,1-2H3. The third-order valence-electron chi connectivity index (χ3n) is 5.54. The van der Waals surface area contributed by atoms with E-state index >= 15 is 0 Å². The summed E-state index contributed by atoms with van der Waals surface area (Å²) >= 11 is 3.68. The summed E-state index contributed by atoms with van der Waals surface area (Å²) in [6.07, 6.45) is 6.71. The van der Waals surface area contributed by atoms with Crippen molar-refractivity contribution in [1.29, 1.82) is 0 Å². The summed E-state index contributed by atoms with van der Waals surface area (Å²) in [7, 11) is 0. The highest BCUT2D eigenvalue weighted by molar-refractivity contribution is 7.27. The second kappa shape index (κ2) is 7.82. The van der Waals surface area contributed by atoms with Crippen LogP contribution in [0.5, 0.6) is 0 Å². The molecule has 0 spiro atoms. The summed E-state index contributed by atoms with van der Waals surface area (Å²) in [5, 5.41) is 2.16. The smallest absolute Gasteiger partial charge is 0.161 e. The topological polar surface area (TPSA) is 25.8 Å². The average molecular weight is 441 g/mol. The van der Waals surface area contributed by atoms with E-state index in [1.54, 1.807) is 0 Å². The van der Waals surface area contributed by atoms with E-state index < -0.39 is 11.6 Å². The Hall–Kier alpha value is -2.18. The van der Waals surface area contributed by atoms with Gasteiger partial charge in [0.25, 0.3) is 0 Å². The van der Waals surface area contributed by atoms with Crippen molar-refractivity contribution in [3.05, 3.63) is 45.7 Å². The Bertz CT molecular complexity index is 1290. The molecule has 3 heterocycles. The molecule has 0 N–H and O–H groups in total. The Balaban J connectivity index is 1.86. The van der Waals surface area contributed by atoms with Crippen molar-refractivity contribution in [2.75, 3.05) is 0 Å². The molecule has 0 fully saturated rings. The van der Waals surface area contributed by atoms with Crippen molar-refractivity contribution < 1.29 is 8.78 Å². The van der Waals surface area contributed by atoms with Crippen LogP contribution in [0.1, 0.15) is 49.3 Å². The second-order valence-corrected chi connectivity index (χ2v) is 10.1. The van der Waals surface area contributed by atoms with Crippen molar-refractivity contribution >= 4 is 64.9 Å². The maximum atomic E-state index is 13.8. The Morgan fingerprint density at radius 2 is 1.13 bits per heavy atom. The zero-order valence-corrected chi connectivity index (χ0v) is 18.7. The van der Waals surface area contributed by atoms with Gasteiger partial charge in [-0.3, -0.25) is 0 Å². The summed E-state index contributed by atoms with van der Waals surface area (Å²) in [5.74, 6) is -1.78. The van der Waals surface area contributed by atoms with E-state index in [-0.39, 0.29) is 0 Å². The van der Waals surface area contributed by atoms with Crippen LogP contribution in [0.15, 0.2) is 24.3 Å². The normalized spacial score (nSPS) is 12.1. The maximum Gasteiger partial charge on any atom is 0.161 e. The molecule has 0 aliphatic rings. The fourth-order valence-electron chi connectivity index (χ4n) is 3.95. The molecule has 30 heavy (non-hydrogen) atoms. The molecule has 5 rings (SSSR count). The highest BCUT2D eigenvalue weighted by Crippen LogP contribution is 2.43. The van der Waals surface area contributed by atoms with E-state index in [1.807, 2.05) is 22.7 Å². The maximum absolute atomic E-state index is 13.8. The van der Waals surface area contributed by atoms with Gasteiger partial charge in [-0.2, -0.15) is 0 Å². The molecule has 0 amide bonds. The highest BCUT2D eigenvalue weighted by atomic mass is 32.1. The van der Waals surface area contributed by atoms with Gasteiger partial charge in [-0.25, -0.2) is 18.7 Å². The summed E-state index contributed by atoms with van der Waals surface area (Å²) in [6.45, 7) is 4.40. The summed E-state index contributed by atoms with van der Waals surface area (Å²) in [5.41, 5.74) is 2.36. The van der Waals surface area contributed by atoms with Crippen LogP contribution in [0.3, 0.4) is 0 Å². The first-order chi connectivity index (χ1) is 14.6. The third kappa shape index (κ3) is 3.26. The van der Waals surface area contributed by atoms with E-state index in [0.717, 1.165) is 72.5 Å². The summed E-state index contributed by atoms with van der Waals surface area (Å²) in [6, 6.07) is 6.75. The molecule has 0 bridgehead atoms. The molecule has 0 atom stereocenters. The molecular formula is C24H22F2N2S2. The van der Waals surface area contributed by atoms with E-state index in [2.05, 4.69) is 26.0 Å². The number of benzene rings is 2. The number of hydrogen-bond donors (Lipinski definition) is 0. The molecule has 0 unspecified atom stereocenters. The highest BCUT2D eigenvalue weighted by Gasteiger charge is 2.18. The summed E-state index contributed by atoms with van der Waals surface area (Å²) in [4.78, 5) is 12.2. The number of fused-ring (bicyclic) bond motifs is 7. The van der Waals surface area contributed by atoms with E-state index in [0.29, 0.717) is 11.0 Å². The monoisotopic (exact) mass is 440 g/mol. The average Bonchev–Trinajstić information content (AvgIpc) is 3.35. The number of hydrogen-bond acceptors (Lipinski definition) is 4. The lowest BCUT2D eigenvalue weighted by atomic mass is 10.1. The number of halogens is 2. The minimum atomic E-state index is -0.889. The van der Waals surface area contributed by atoms with Gasteiger partial charge >= 0.3 is 0 Å². The first-order valence-electron chi connectivity index (χ1n) is 10.5. The first-order valence-corrected chi connectivity index (χ1v) is 12.2. The quantitative estimate of drug-likeness (QED) is 0.249. The van der Waals surface area contributed by atoms with Gasteiger partial charge < -0.3 is 0 Å². The van der Waals surface area contributed by atoms with Crippen molar-refractivity contribution in [1.82, 2.24) is 9.97 Å². The minimum absolute atomic E-state index is 0.393. The van der Waals surface area contributed by atoms with Crippen molar-refractivity contribution in [2.45, 2.75) is 52.4 Å². The lowest BCUT2D eigenvalue weighted by molar-refractivity contribution is 0.510. The van der Waals surface area contributed by atoms with Gasteiger partial charge in [-0.05, 0) is 37.8 Å². The van der Waals surface area contributed by atoms with Gasteiger partial charge in [0.05, 0.1) is 31.5 Å². The largest absolute Gasteiger partial charge is 0.244 e. The SMILES string of the molecule is CCCCc1cc2c3nc4cc(F)c(F)cc4nc3c3cc(CCCC)sc3c2s1. The summed E-state index contributed by atoms with van der Waals surface area (Å²) < 4.78 is 30.2. The van der Waals surface area contributed by atoms with Crippen molar-refractivity contribution in [3.63, 3.8) is 0 Å².